The predicted molar refractivity (Wildman–Crippen MR) is 80.8 cm³/mol. The number of pyridine rings is 1. The first-order chi connectivity index (χ1) is 10.0. The Labute approximate surface area is 123 Å². The van der Waals surface area contributed by atoms with Crippen LogP contribution in [0.2, 0.25) is 0 Å². The largest absolute Gasteiger partial charge is 0.508 e. The molecule has 0 saturated carbocycles. The van der Waals surface area contributed by atoms with Crippen LogP contribution in [0.3, 0.4) is 0 Å². The van der Waals surface area contributed by atoms with Gasteiger partial charge in [-0.05, 0) is 36.2 Å². The molecule has 0 aliphatic carbocycles. The molecule has 1 heterocycles. The lowest BCUT2D eigenvalue weighted by atomic mass is 10.1. The van der Waals surface area contributed by atoms with E-state index in [0.717, 1.165) is 5.56 Å². The van der Waals surface area contributed by atoms with Crippen molar-refractivity contribution in [2.45, 2.75) is 11.3 Å². The first-order valence-corrected chi connectivity index (χ1v) is 7.91. The van der Waals surface area contributed by atoms with Gasteiger partial charge < -0.3 is 10.4 Å². The maximum absolute atomic E-state index is 12.1. The van der Waals surface area contributed by atoms with Gasteiger partial charge in [-0.25, -0.2) is 18.1 Å². The highest BCUT2D eigenvalue weighted by molar-refractivity contribution is 7.89. The smallest absolute Gasteiger partial charge is 0.242 e. The number of phenolic OH excluding ortho intramolecular Hbond substituents is 1. The molecule has 0 unspecified atom stereocenters. The summed E-state index contributed by atoms with van der Waals surface area (Å²) in [5, 5.41) is 12.0. The molecule has 0 bridgehead atoms. The van der Waals surface area contributed by atoms with Gasteiger partial charge in [0.15, 0.2) is 0 Å². The molecule has 21 heavy (non-hydrogen) atoms. The van der Waals surface area contributed by atoms with Crippen LogP contribution >= 0.6 is 0 Å². The molecule has 3 N–H and O–H groups in total. The number of anilines is 1. The van der Waals surface area contributed by atoms with Crippen LogP contribution in [0.25, 0.3) is 0 Å². The molecule has 0 radical (unpaired) electrons. The fourth-order valence-electron chi connectivity index (χ4n) is 1.76. The van der Waals surface area contributed by atoms with E-state index in [4.69, 9.17) is 0 Å². The maximum atomic E-state index is 12.1. The summed E-state index contributed by atoms with van der Waals surface area (Å²) in [6.45, 7) is 0.279. The Morgan fingerprint density at radius 1 is 1.14 bits per heavy atom. The average molecular weight is 307 g/mol. The number of hydrogen-bond donors (Lipinski definition) is 3. The van der Waals surface area contributed by atoms with Crippen LogP contribution in [-0.2, 0) is 16.4 Å². The van der Waals surface area contributed by atoms with Crippen LogP contribution in [0.4, 0.5) is 5.82 Å². The third-order valence-electron chi connectivity index (χ3n) is 2.94. The minimum atomic E-state index is -3.55. The van der Waals surface area contributed by atoms with Gasteiger partial charge in [-0.1, -0.05) is 12.1 Å². The predicted octanol–water partition coefficient (Wildman–Crippen LogP) is 1.35. The minimum absolute atomic E-state index is 0.132. The number of aromatic nitrogens is 1. The maximum Gasteiger partial charge on any atom is 0.242 e. The standard InChI is InChI=1S/C14H17N3O3S/c1-15-14-7-6-13(10-16-14)21(19,20)17-9-8-11-2-4-12(18)5-3-11/h2-7,10,17-18H,8-9H2,1H3,(H,15,16). The Bertz CT molecular complexity index is 682. The molecular formula is C14H17N3O3S. The molecular weight excluding hydrogens is 290 g/mol. The number of rotatable bonds is 6. The van der Waals surface area contributed by atoms with Crippen molar-refractivity contribution in [3.63, 3.8) is 0 Å². The summed E-state index contributed by atoms with van der Waals surface area (Å²) in [5.74, 6) is 0.799. The van der Waals surface area contributed by atoms with Crippen LogP contribution in [0.15, 0.2) is 47.5 Å². The molecule has 0 amide bonds. The molecule has 7 heteroatoms. The van der Waals surface area contributed by atoms with Gasteiger partial charge in [0.2, 0.25) is 10.0 Å². The Morgan fingerprint density at radius 2 is 1.86 bits per heavy atom. The van der Waals surface area contributed by atoms with E-state index >= 15 is 0 Å². The van der Waals surface area contributed by atoms with Gasteiger partial charge in [0.1, 0.15) is 16.5 Å². The summed E-state index contributed by atoms with van der Waals surface area (Å²) in [5.41, 5.74) is 0.944. The van der Waals surface area contributed by atoms with Gasteiger partial charge in [-0.3, -0.25) is 0 Å². The van der Waals surface area contributed by atoms with Crippen molar-refractivity contribution in [3.05, 3.63) is 48.2 Å². The Balaban J connectivity index is 1.95. The molecule has 1 aromatic carbocycles. The molecule has 2 aromatic rings. The van der Waals surface area contributed by atoms with E-state index in [1.165, 1.54) is 12.3 Å². The molecule has 6 nitrogen and oxygen atoms in total. The van der Waals surface area contributed by atoms with Gasteiger partial charge in [0, 0.05) is 19.8 Å². The van der Waals surface area contributed by atoms with Crippen molar-refractivity contribution in [1.82, 2.24) is 9.71 Å². The first kappa shape index (κ1) is 15.3. The molecule has 2 rings (SSSR count). The second-order valence-corrected chi connectivity index (χ2v) is 6.21. The normalized spacial score (nSPS) is 11.3. The van der Waals surface area contributed by atoms with E-state index in [1.807, 2.05) is 0 Å². The van der Waals surface area contributed by atoms with Gasteiger partial charge in [-0.2, -0.15) is 0 Å². The van der Waals surface area contributed by atoms with Gasteiger partial charge in [0.05, 0.1) is 0 Å². The van der Waals surface area contributed by atoms with Gasteiger partial charge in [-0.15, -0.1) is 0 Å². The summed E-state index contributed by atoms with van der Waals surface area (Å²) in [6, 6.07) is 9.77. The number of benzene rings is 1. The highest BCUT2D eigenvalue weighted by atomic mass is 32.2. The average Bonchev–Trinajstić information content (AvgIpc) is 2.49. The summed E-state index contributed by atoms with van der Waals surface area (Å²) >= 11 is 0. The lowest BCUT2D eigenvalue weighted by molar-refractivity contribution is 0.475. The molecule has 0 atom stereocenters. The zero-order chi connectivity index (χ0) is 15.3. The quantitative estimate of drug-likeness (QED) is 0.749. The number of sulfonamides is 1. The number of phenols is 1. The summed E-state index contributed by atoms with van der Waals surface area (Å²) < 4.78 is 26.7. The monoisotopic (exact) mass is 307 g/mol. The van der Waals surface area contributed by atoms with Crippen molar-refractivity contribution in [2.24, 2.45) is 0 Å². The lowest BCUT2D eigenvalue weighted by Gasteiger charge is -2.07. The second kappa shape index (κ2) is 6.55. The first-order valence-electron chi connectivity index (χ1n) is 6.42. The second-order valence-electron chi connectivity index (χ2n) is 4.44. The third kappa shape index (κ3) is 4.17. The highest BCUT2D eigenvalue weighted by Crippen LogP contribution is 2.11. The van der Waals surface area contributed by atoms with Crippen LogP contribution in [0.1, 0.15) is 5.56 Å². The molecule has 1 aromatic heterocycles. The molecule has 0 fully saturated rings. The van der Waals surface area contributed by atoms with Crippen LogP contribution in [0, 0.1) is 0 Å². The molecule has 0 saturated heterocycles. The molecule has 0 aliphatic heterocycles. The van der Waals surface area contributed by atoms with Crippen LogP contribution in [-0.4, -0.2) is 32.1 Å². The summed E-state index contributed by atoms with van der Waals surface area (Å²) in [4.78, 5) is 4.11. The SMILES string of the molecule is CNc1ccc(S(=O)(=O)NCCc2ccc(O)cc2)cn1. The van der Waals surface area contributed by atoms with Gasteiger partial charge in [0.25, 0.3) is 0 Å². The number of nitrogens with zero attached hydrogens (tertiary/aromatic N) is 1. The lowest BCUT2D eigenvalue weighted by Crippen LogP contribution is -2.26. The van der Waals surface area contributed by atoms with E-state index < -0.39 is 10.0 Å². The number of nitrogens with one attached hydrogen (secondary N) is 2. The fourth-order valence-corrected chi connectivity index (χ4v) is 2.74. The Morgan fingerprint density at radius 3 is 2.43 bits per heavy atom. The van der Waals surface area contributed by atoms with Gasteiger partial charge >= 0.3 is 0 Å². The number of hydrogen-bond acceptors (Lipinski definition) is 5. The Kier molecular flexibility index (Phi) is 4.77. The van der Waals surface area contributed by atoms with Crippen molar-refractivity contribution in [3.8, 4) is 5.75 Å². The molecule has 112 valence electrons. The van der Waals surface area contributed by atoms with E-state index in [9.17, 15) is 13.5 Å². The van der Waals surface area contributed by atoms with E-state index in [1.54, 1.807) is 37.4 Å². The zero-order valence-corrected chi connectivity index (χ0v) is 12.4. The Hall–Kier alpha value is -2.12. The van der Waals surface area contributed by atoms with Crippen molar-refractivity contribution in [2.75, 3.05) is 18.9 Å². The van der Waals surface area contributed by atoms with E-state index in [0.29, 0.717) is 12.2 Å². The molecule has 0 spiro atoms. The summed E-state index contributed by atoms with van der Waals surface area (Å²) in [6.07, 6.45) is 1.86. The topological polar surface area (TPSA) is 91.3 Å². The van der Waals surface area contributed by atoms with Crippen molar-refractivity contribution in [1.29, 1.82) is 0 Å². The minimum Gasteiger partial charge on any atom is -0.508 e. The van der Waals surface area contributed by atoms with Crippen LogP contribution in [0.5, 0.6) is 5.75 Å². The third-order valence-corrected chi connectivity index (χ3v) is 4.39. The van der Waals surface area contributed by atoms with Crippen molar-refractivity contribution >= 4 is 15.8 Å². The van der Waals surface area contributed by atoms with Crippen LogP contribution < -0.4 is 10.0 Å². The summed E-state index contributed by atoms with van der Waals surface area (Å²) in [7, 11) is -1.84. The van der Waals surface area contributed by atoms with E-state index in [2.05, 4.69) is 15.0 Å². The highest BCUT2D eigenvalue weighted by Gasteiger charge is 2.13. The zero-order valence-electron chi connectivity index (χ0n) is 11.6. The van der Waals surface area contributed by atoms with Crippen molar-refractivity contribution < 1.29 is 13.5 Å². The van der Waals surface area contributed by atoms with E-state index in [-0.39, 0.29) is 17.2 Å². The number of aromatic hydroxyl groups is 1. The fraction of sp³-hybridized carbons (Fsp3) is 0.214. The molecule has 0 aliphatic rings.